The molecule has 4 heteroatoms. The Balaban J connectivity index is 1.63. The van der Waals surface area contributed by atoms with Gasteiger partial charge in [0.25, 0.3) is 0 Å². The molecular weight excluding hydrogens is 424 g/mol. The number of carboxylic acid groups (broad SMARTS) is 1. The van der Waals surface area contributed by atoms with Crippen LogP contribution in [-0.4, -0.2) is 22.6 Å². The van der Waals surface area contributed by atoms with E-state index in [9.17, 15) is 19.5 Å². The molecule has 0 heterocycles. The number of carbonyl (C=O) groups is 3. The monoisotopic (exact) mass is 468 g/mol. The first kappa shape index (κ1) is 24.3. The van der Waals surface area contributed by atoms with Crippen LogP contribution in [0.25, 0.3) is 0 Å². The highest BCUT2D eigenvalue weighted by atomic mass is 16.4. The highest BCUT2D eigenvalue weighted by Crippen LogP contribution is 2.74. The quantitative estimate of drug-likeness (QED) is 0.469. The molecule has 2 unspecified atom stereocenters. The fourth-order valence-electron chi connectivity index (χ4n) is 10.2. The van der Waals surface area contributed by atoms with Gasteiger partial charge in [0.1, 0.15) is 5.78 Å². The molecule has 0 aromatic heterocycles. The van der Waals surface area contributed by atoms with Crippen molar-refractivity contribution in [3.63, 3.8) is 0 Å². The summed E-state index contributed by atoms with van der Waals surface area (Å²) < 4.78 is 0. The van der Waals surface area contributed by atoms with Crippen LogP contribution in [0.4, 0.5) is 0 Å². The molecule has 4 fully saturated rings. The molecule has 0 amide bonds. The van der Waals surface area contributed by atoms with Gasteiger partial charge in [-0.2, -0.15) is 0 Å². The summed E-state index contributed by atoms with van der Waals surface area (Å²) in [5.41, 5.74) is -0.205. The number of ketones is 2. The number of carbonyl (C=O) groups excluding carboxylic acids is 2. The van der Waals surface area contributed by atoms with E-state index in [2.05, 4.69) is 41.5 Å². The van der Waals surface area contributed by atoms with E-state index >= 15 is 0 Å². The zero-order valence-corrected chi connectivity index (χ0v) is 22.3. The molecule has 0 bridgehead atoms. The van der Waals surface area contributed by atoms with Gasteiger partial charge in [0, 0.05) is 17.8 Å². The fourth-order valence-corrected chi connectivity index (χ4v) is 10.2. The molecule has 4 saturated carbocycles. The van der Waals surface area contributed by atoms with Crippen LogP contribution in [0.2, 0.25) is 0 Å². The minimum atomic E-state index is -0.721. The third kappa shape index (κ3) is 2.75. The molecule has 0 aliphatic heterocycles. The molecule has 0 aromatic rings. The fraction of sp³-hybridized carbons (Fsp3) is 0.833. The van der Waals surface area contributed by atoms with E-state index in [1.807, 2.05) is 13.0 Å². The van der Waals surface area contributed by atoms with Crippen molar-refractivity contribution in [2.24, 2.45) is 50.2 Å². The molecule has 0 radical (unpaired) electrons. The maximum atomic E-state index is 14.2. The Labute approximate surface area is 205 Å². The van der Waals surface area contributed by atoms with E-state index in [-0.39, 0.29) is 50.6 Å². The lowest BCUT2D eigenvalue weighted by atomic mass is 9.33. The minimum Gasteiger partial charge on any atom is -0.481 e. The molecule has 0 spiro atoms. The van der Waals surface area contributed by atoms with Gasteiger partial charge in [-0.3, -0.25) is 14.4 Å². The molecule has 0 aromatic carbocycles. The van der Waals surface area contributed by atoms with Crippen molar-refractivity contribution in [1.82, 2.24) is 0 Å². The number of allylic oxidation sites excluding steroid dienone is 2. The second kappa shape index (κ2) is 6.85. The lowest BCUT2D eigenvalue weighted by Gasteiger charge is -2.69. The van der Waals surface area contributed by atoms with Crippen LogP contribution in [0.1, 0.15) is 106 Å². The lowest BCUT2D eigenvalue weighted by molar-refractivity contribution is -0.188. The van der Waals surface area contributed by atoms with Gasteiger partial charge < -0.3 is 5.11 Å². The van der Waals surface area contributed by atoms with E-state index in [4.69, 9.17) is 0 Å². The molecule has 34 heavy (non-hydrogen) atoms. The first-order valence-electron chi connectivity index (χ1n) is 13.6. The molecule has 5 rings (SSSR count). The van der Waals surface area contributed by atoms with E-state index in [0.717, 1.165) is 44.9 Å². The lowest BCUT2D eigenvalue weighted by Crippen LogP contribution is -2.66. The Morgan fingerprint density at radius 1 is 0.912 bits per heavy atom. The maximum Gasteiger partial charge on any atom is 0.309 e. The second-order valence-electron chi connectivity index (χ2n) is 14.7. The highest BCUT2D eigenvalue weighted by molar-refractivity contribution is 5.96. The summed E-state index contributed by atoms with van der Waals surface area (Å²) in [7, 11) is 0. The minimum absolute atomic E-state index is 0.0707. The van der Waals surface area contributed by atoms with Crippen molar-refractivity contribution in [2.45, 2.75) is 106 Å². The first-order chi connectivity index (χ1) is 15.6. The van der Waals surface area contributed by atoms with Crippen molar-refractivity contribution in [3.8, 4) is 0 Å². The highest BCUT2D eigenvalue weighted by Gasteiger charge is 2.70. The Hall–Kier alpha value is -1.45. The molecule has 188 valence electrons. The first-order valence-corrected chi connectivity index (χ1v) is 13.6. The Morgan fingerprint density at radius 3 is 2.21 bits per heavy atom. The molecule has 5 aliphatic rings. The van der Waals surface area contributed by atoms with Crippen LogP contribution in [0, 0.1) is 50.2 Å². The van der Waals surface area contributed by atoms with E-state index in [0.29, 0.717) is 18.6 Å². The van der Waals surface area contributed by atoms with Crippen molar-refractivity contribution >= 4 is 17.5 Å². The molecule has 0 saturated heterocycles. The molecule has 8 atom stereocenters. The van der Waals surface area contributed by atoms with Gasteiger partial charge in [-0.05, 0) is 97.9 Å². The van der Waals surface area contributed by atoms with Gasteiger partial charge in [-0.15, -0.1) is 0 Å². The van der Waals surface area contributed by atoms with Crippen LogP contribution in [0.3, 0.4) is 0 Å². The SMILES string of the molecule is CC1(C)C(=O)CC[C@@]2(C)C1CC[C@]1(C)C2C(=O)C=C2[C@@H]3C[C@](C)(C(=O)O)CC[C@@]3(C)CC[C@@]21C. The summed E-state index contributed by atoms with van der Waals surface area (Å²) in [6.07, 6.45) is 9.78. The third-order valence-electron chi connectivity index (χ3n) is 12.8. The van der Waals surface area contributed by atoms with Crippen molar-refractivity contribution < 1.29 is 19.5 Å². The van der Waals surface area contributed by atoms with Crippen LogP contribution < -0.4 is 0 Å². The summed E-state index contributed by atoms with van der Waals surface area (Å²) in [5.74, 6) is 0.222. The van der Waals surface area contributed by atoms with E-state index in [1.165, 1.54) is 5.57 Å². The standard InChI is InChI=1S/C30H44O4/c1-25(2)21-8-11-30(7)23(28(21,5)10-9-22(25)32)20(31)16-18-19-17-27(4,24(33)34)13-12-26(19,3)14-15-29(18,30)6/h16,19,21,23H,8-15,17H2,1-7H3,(H,33,34)/t19-,21?,23?,26-,27+,28-,29-,30+/m0/s1. The van der Waals surface area contributed by atoms with Gasteiger partial charge in [-0.25, -0.2) is 0 Å². The number of fused-ring (bicyclic) bond motifs is 7. The molecule has 1 N–H and O–H groups in total. The van der Waals surface area contributed by atoms with Crippen LogP contribution >= 0.6 is 0 Å². The number of Topliss-reactive ketones (excluding diaryl/α,β-unsaturated/α-hetero) is 1. The summed E-state index contributed by atoms with van der Waals surface area (Å²) in [6, 6.07) is 0. The number of carboxylic acids is 1. The number of hydrogen-bond donors (Lipinski definition) is 1. The Bertz CT molecular complexity index is 1010. The van der Waals surface area contributed by atoms with Crippen LogP contribution in [0.15, 0.2) is 11.6 Å². The number of aliphatic carboxylic acids is 1. The topological polar surface area (TPSA) is 71.4 Å². The summed E-state index contributed by atoms with van der Waals surface area (Å²) in [4.78, 5) is 39.3. The van der Waals surface area contributed by atoms with Gasteiger partial charge in [0.15, 0.2) is 5.78 Å². The van der Waals surface area contributed by atoms with Crippen LogP contribution in [0.5, 0.6) is 0 Å². The average molecular weight is 469 g/mol. The van der Waals surface area contributed by atoms with Gasteiger partial charge in [0.05, 0.1) is 5.41 Å². The van der Waals surface area contributed by atoms with Crippen molar-refractivity contribution in [1.29, 1.82) is 0 Å². The third-order valence-corrected chi connectivity index (χ3v) is 12.8. The second-order valence-corrected chi connectivity index (χ2v) is 14.7. The van der Waals surface area contributed by atoms with E-state index in [1.54, 1.807) is 0 Å². The maximum absolute atomic E-state index is 14.2. The largest absolute Gasteiger partial charge is 0.481 e. The summed E-state index contributed by atoms with van der Waals surface area (Å²) in [6.45, 7) is 15.5. The molecule has 4 nitrogen and oxygen atoms in total. The van der Waals surface area contributed by atoms with Gasteiger partial charge in [0.2, 0.25) is 0 Å². The van der Waals surface area contributed by atoms with Crippen molar-refractivity contribution in [2.75, 3.05) is 0 Å². The molecular formula is C30H44O4. The van der Waals surface area contributed by atoms with Crippen LogP contribution in [-0.2, 0) is 14.4 Å². The predicted octanol–water partition coefficient (Wildman–Crippen LogP) is 6.62. The van der Waals surface area contributed by atoms with Gasteiger partial charge in [-0.1, -0.05) is 47.1 Å². The zero-order valence-electron chi connectivity index (χ0n) is 22.3. The summed E-state index contributed by atoms with van der Waals surface area (Å²) in [5, 5.41) is 10.0. The number of rotatable bonds is 1. The van der Waals surface area contributed by atoms with Crippen molar-refractivity contribution in [3.05, 3.63) is 11.6 Å². The van der Waals surface area contributed by atoms with E-state index < -0.39 is 11.4 Å². The smallest absolute Gasteiger partial charge is 0.309 e. The molecule has 5 aliphatic carbocycles. The Morgan fingerprint density at radius 2 is 1.56 bits per heavy atom. The average Bonchev–Trinajstić information content (AvgIpc) is 2.73. The number of hydrogen-bond acceptors (Lipinski definition) is 3. The Kier molecular flexibility index (Phi) is 4.89. The zero-order chi connectivity index (χ0) is 25.1. The predicted molar refractivity (Wildman–Crippen MR) is 132 cm³/mol. The normalized spacial score (nSPS) is 52.0. The van der Waals surface area contributed by atoms with Gasteiger partial charge >= 0.3 is 5.97 Å². The summed E-state index contributed by atoms with van der Waals surface area (Å²) >= 11 is 0.